The first-order chi connectivity index (χ1) is 6.76. The molecule has 0 nitrogen and oxygen atoms in total. The van der Waals surface area contributed by atoms with E-state index in [1.165, 1.54) is 32.1 Å². The summed E-state index contributed by atoms with van der Waals surface area (Å²) in [5.74, 6) is 2.04. The molecule has 0 saturated heterocycles. The Labute approximate surface area is 89.5 Å². The lowest BCUT2D eigenvalue weighted by Gasteiger charge is -2.40. The van der Waals surface area contributed by atoms with Crippen molar-refractivity contribution in [3.05, 3.63) is 0 Å². The zero-order valence-electron chi connectivity index (χ0n) is 10.0. The third-order valence-electron chi connectivity index (χ3n) is 5.09. The van der Waals surface area contributed by atoms with Crippen molar-refractivity contribution >= 4 is 0 Å². The molecule has 0 heterocycles. The quantitative estimate of drug-likeness (QED) is 0.593. The van der Waals surface area contributed by atoms with Crippen LogP contribution in [0.25, 0.3) is 0 Å². The highest BCUT2D eigenvalue weighted by Crippen LogP contribution is 2.52. The smallest absolute Gasteiger partial charge is 0.0295 e. The second-order valence-electron chi connectivity index (χ2n) is 5.95. The number of hydrogen-bond acceptors (Lipinski definition) is 0. The Hall–Kier alpha value is 0. The van der Waals surface area contributed by atoms with E-state index < -0.39 is 0 Å². The second-order valence-corrected chi connectivity index (χ2v) is 5.95. The molecule has 2 aliphatic rings. The molecule has 2 fully saturated rings. The SMILES string of the molecule is CCC(C)C1CCCC2(CCCC2)C1. The Kier molecular flexibility index (Phi) is 3.19. The first-order valence-corrected chi connectivity index (χ1v) is 6.76. The van der Waals surface area contributed by atoms with Crippen LogP contribution in [-0.2, 0) is 0 Å². The maximum Gasteiger partial charge on any atom is -0.0295 e. The molecule has 0 N–H and O–H groups in total. The van der Waals surface area contributed by atoms with Crippen LogP contribution in [0.15, 0.2) is 0 Å². The predicted molar refractivity (Wildman–Crippen MR) is 62.3 cm³/mol. The molecular formula is C14H26. The molecule has 0 bridgehead atoms. The predicted octanol–water partition coefficient (Wildman–Crippen LogP) is 4.78. The van der Waals surface area contributed by atoms with Gasteiger partial charge in [-0.25, -0.2) is 0 Å². The normalized spacial score (nSPS) is 33.4. The highest BCUT2D eigenvalue weighted by atomic mass is 14.4. The largest absolute Gasteiger partial charge is 0.0651 e. The molecule has 2 rings (SSSR count). The highest BCUT2D eigenvalue weighted by Gasteiger charge is 2.39. The Balaban J connectivity index is 1.96. The topological polar surface area (TPSA) is 0 Å². The molecular weight excluding hydrogens is 168 g/mol. The van der Waals surface area contributed by atoms with Crippen molar-refractivity contribution in [3.8, 4) is 0 Å². The third-order valence-corrected chi connectivity index (χ3v) is 5.09. The molecule has 0 radical (unpaired) electrons. The van der Waals surface area contributed by atoms with Gasteiger partial charge in [-0.3, -0.25) is 0 Å². The first kappa shape index (κ1) is 10.5. The van der Waals surface area contributed by atoms with E-state index in [0.29, 0.717) is 0 Å². The van der Waals surface area contributed by atoms with Gasteiger partial charge in [-0.15, -0.1) is 0 Å². The first-order valence-electron chi connectivity index (χ1n) is 6.76. The molecule has 2 saturated carbocycles. The summed E-state index contributed by atoms with van der Waals surface area (Å²) in [5, 5.41) is 0. The Bertz CT molecular complexity index is 176. The summed E-state index contributed by atoms with van der Waals surface area (Å²) in [6.07, 6.45) is 13.7. The van der Waals surface area contributed by atoms with Gasteiger partial charge in [0.15, 0.2) is 0 Å². The molecule has 0 aliphatic heterocycles. The lowest BCUT2D eigenvalue weighted by atomic mass is 9.65. The molecule has 0 aromatic rings. The van der Waals surface area contributed by atoms with E-state index in [1.807, 2.05) is 0 Å². The van der Waals surface area contributed by atoms with E-state index in [0.717, 1.165) is 17.3 Å². The van der Waals surface area contributed by atoms with Gasteiger partial charge >= 0.3 is 0 Å². The average molecular weight is 194 g/mol. The molecule has 82 valence electrons. The van der Waals surface area contributed by atoms with E-state index >= 15 is 0 Å². The summed E-state index contributed by atoms with van der Waals surface area (Å²) in [7, 11) is 0. The maximum absolute atomic E-state index is 2.47. The summed E-state index contributed by atoms with van der Waals surface area (Å²) in [4.78, 5) is 0. The molecule has 0 amide bonds. The van der Waals surface area contributed by atoms with Gasteiger partial charge in [0.2, 0.25) is 0 Å². The zero-order chi connectivity index (χ0) is 10.0. The maximum atomic E-state index is 2.47. The Morgan fingerprint density at radius 2 is 1.79 bits per heavy atom. The number of rotatable bonds is 2. The van der Waals surface area contributed by atoms with Crippen LogP contribution in [0.1, 0.15) is 71.6 Å². The minimum Gasteiger partial charge on any atom is -0.0651 e. The van der Waals surface area contributed by atoms with Crippen molar-refractivity contribution in [3.63, 3.8) is 0 Å². The van der Waals surface area contributed by atoms with Crippen molar-refractivity contribution in [1.29, 1.82) is 0 Å². The van der Waals surface area contributed by atoms with E-state index in [1.54, 1.807) is 25.7 Å². The van der Waals surface area contributed by atoms with Crippen LogP contribution in [0.3, 0.4) is 0 Å². The summed E-state index contributed by atoms with van der Waals surface area (Å²) in [6, 6.07) is 0. The molecule has 2 unspecified atom stereocenters. The van der Waals surface area contributed by atoms with Crippen LogP contribution in [-0.4, -0.2) is 0 Å². The minimum atomic E-state index is 0.826. The van der Waals surface area contributed by atoms with Crippen LogP contribution in [0.2, 0.25) is 0 Å². The van der Waals surface area contributed by atoms with Gasteiger partial charge in [0.1, 0.15) is 0 Å². The Morgan fingerprint density at radius 1 is 1.14 bits per heavy atom. The monoisotopic (exact) mass is 194 g/mol. The molecule has 2 aliphatic carbocycles. The second kappa shape index (κ2) is 4.24. The van der Waals surface area contributed by atoms with Crippen LogP contribution >= 0.6 is 0 Å². The molecule has 0 aromatic carbocycles. The van der Waals surface area contributed by atoms with E-state index in [4.69, 9.17) is 0 Å². The average Bonchev–Trinajstić information content (AvgIpc) is 2.65. The summed E-state index contributed by atoms with van der Waals surface area (Å²) in [6.45, 7) is 4.83. The van der Waals surface area contributed by atoms with Gasteiger partial charge in [-0.05, 0) is 42.9 Å². The summed E-state index contributed by atoms with van der Waals surface area (Å²) in [5.41, 5.74) is 0.826. The van der Waals surface area contributed by atoms with Crippen molar-refractivity contribution in [2.24, 2.45) is 17.3 Å². The fourth-order valence-corrected chi connectivity index (χ4v) is 3.90. The van der Waals surface area contributed by atoms with Gasteiger partial charge in [0.25, 0.3) is 0 Å². The van der Waals surface area contributed by atoms with Gasteiger partial charge in [0, 0.05) is 0 Å². The van der Waals surface area contributed by atoms with Crippen LogP contribution < -0.4 is 0 Å². The van der Waals surface area contributed by atoms with Crippen molar-refractivity contribution < 1.29 is 0 Å². The van der Waals surface area contributed by atoms with Crippen LogP contribution in [0.4, 0.5) is 0 Å². The van der Waals surface area contributed by atoms with Crippen molar-refractivity contribution in [2.45, 2.75) is 71.6 Å². The van der Waals surface area contributed by atoms with Gasteiger partial charge in [-0.2, -0.15) is 0 Å². The van der Waals surface area contributed by atoms with E-state index in [9.17, 15) is 0 Å². The summed E-state index contributed by atoms with van der Waals surface area (Å²) < 4.78 is 0. The summed E-state index contributed by atoms with van der Waals surface area (Å²) >= 11 is 0. The number of hydrogen-bond donors (Lipinski definition) is 0. The van der Waals surface area contributed by atoms with E-state index in [-0.39, 0.29) is 0 Å². The molecule has 0 heteroatoms. The minimum absolute atomic E-state index is 0.826. The highest BCUT2D eigenvalue weighted by molar-refractivity contribution is 4.90. The third kappa shape index (κ3) is 1.99. The lowest BCUT2D eigenvalue weighted by molar-refractivity contribution is 0.111. The molecule has 2 atom stereocenters. The van der Waals surface area contributed by atoms with Gasteiger partial charge < -0.3 is 0 Å². The fourth-order valence-electron chi connectivity index (χ4n) is 3.90. The molecule has 1 spiro atoms. The lowest BCUT2D eigenvalue weighted by Crippen LogP contribution is -2.28. The van der Waals surface area contributed by atoms with Crippen LogP contribution in [0, 0.1) is 17.3 Å². The molecule has 14 heavy (non-hydrogen) atoms. The molecule has 0 aromatic heterocycles. The zero-order valence-corrected chi connectivity index (χ0v) is 10.0. The van der Waals surface area contributed by atoms with Crippen molar-refractivity contribution in [1.82, 2.24) is 0 Å². The van der Waals surface area contributed by atoms with Gasteiger partial charge in [0.05, 0.1) is 0 Å². The van der Waals surface area contributed by atoms with Crippen LogP contribution in [0.5, 0.6) is 0 Å². The van der Waals surface area contributed by atoms with E-state index in [2.05, 4.69) is 13.8 Å². The standard InChI is InChI=1S/C14H26/c1-3-12(2)13-7-6-10-14(11-13)8-4-5-9-14/h12-13H,3-11H2,1-2H3. The van der Waals surface area contributed by atoms with Gasteiger partial charge in [-0.1, -0.05) is 46.0 Å². The van der Waals surface area contributed by atoms with Crippen molar-refractivity contribution in [2.75, 3.05) is 0 Å². The fraction of sp³-hybridized carbons (Fsp3) is 1.00. The Morgan fingerprint density at radius 3 is 2.43 bits per heavy atom.